The Morgan fingerprint density at radius 2 is 2.05 bits per heavy atom. The van der Waals surface area contributed by atoms with E-state index in [0.717, 1.165) is 65.1 Å². The molecule has 2 N–H and O–H groups in total. The molecular weight excluding hydrogens is 252 g/mol. The minimum atomic E-state index is 0.115. The van der Waals surface area contributed by atoms with Gasteiger partial charge in [-0.25, -0.2) is 0 Å². The van der Waals surface area contributed by atoms with Gasteiger partial charge in [0, 0.05) is 45.3 Å². The molecule has 5 heteroatoms. The molecule has 0 radical (unpaired) electrons. The molecule has 1 amide bonds. The summed E-state index contributed by atoms with van der Waals surface area (Å²) < 4.78 is 0. The van der Waals surface area contributed by atoms with E-state index >= 15 is 0 Å². The van der Waals surface area contributed by atoms with Gasteiger partial charge in [-0.2, -0.15) is 0 Å². The van der Waals surface area contributed by atoms with Crippen molar-refractivity contribution < 1.29 is 4.79 Å². The first-order valence-electron chi connectivity index (χ1n) is 8.13. The summed E-state index contributed by atoms with van der Waals surface area (Å²) in [6.07, 6.45) is 3.30. The van der Waals surface area contributed by atoms with E-state index in [1.165, 1.54) is 0 Å². The molecule has 0 saturated carbocycles. The molecular formula is C15H30N4O. The molecule has 0 aliphatic carbocycles. The number of hydrogen-bond donors (Lipinski definition) is 2. The number of unbranched alkanes of at least 4 members (excludes halogenated alkanes) is 1. The summed E-state index contributed by atoms with van der Waals surface area (Å²) in [6.45, 7) is 9.27. The summed E-state index contributed by atoms with van der Waals surface area (Å²) in [4.78, 5) is 17.3. The van der Waals surface area contributed by atoms with Gasteiger partial charge in [-0.15, -0.1) is 0 Å². The van der Waals surface area contributed by atoms with Gasteiger partial charge in [0.15, 0.2) is 0 Å². The van der Waals surface area contributed by atoms with Crippen LogP contribution in [0.2, 0.25) is 0 Å². The highest BCUT2D eigenvalue weighted by atomic mass is 16.1. The molecule has 5 nitrogen and oxygen atoms in total. The van der Waals surface area contributed by atoms with Gasteiger partial charge in [0.05, 0.1) is 5.92 Å². The van der Waals surface area contributed by atoms with Crippen LogP contribution in [0.4, 0.5) is 0 Å². The first kappa shape index (κ1) is 15.7. The molecule has 2 aliphatic heterocycles. The second kappa shape index (κ2) is 7.96. The van der Waals surface area contributed by atoms with Crippen LogP contribution in [-0.4, -0.2) is 74.6 Å². The number of piperidine rings is 1. The molecule has 2 rings (SSSR count). The maximum absolute atomic E-state index is 12.4. The number of nitrogens with zero attached hydrogens (tertiary/aromatic N) is 2. The molecule has 2 heterocycles. The Bertz CT molecular complexity index is 302. The van der Waals surface area contributed by atoms with E-state index in [0.29, 0.717) is 6.04 Å². The van der Waals surface area contributed by atoms with Gasteiger partial charge in [-0.3, -0.25) is 9.69 Å². The van der Waals surface area contributed by atoms with E-state index in [1.54, 1.807) is 0 Å². The smallest absolute Gasteiger partial charge is 0.225 e. The molecule has 0 aromatic carbocycles. The number of likely N-dealkylation sites (N-methyl/N-ethyl adjacent to an activating group) is 1. The van der Waals surface area contributed by atoms with Crippen LogP contribution >= 0.6 is 0 Å². The quantitative estimate of drug-likeness (QED) is 0.704. The SMILES string of the molecule is CCCCNC(=O)C1CNCCC1N1CCN(C)CC1. The number of amides is 1. The maximum Gasteiger partial charge on any atom is 0.225 e. The first-order chi connectivity index (χ1) is 9.72. The lowest BCUT2D eigenvalue weighted by Gasteiger charge is -2.43. The van der Waals surface area contributed by atoms with Gasteiger partial charge in [0.25, 0.3) is 0 Å². The molecule has 116 valence electrons. The standard InChI is InChI=1S/C15H30N4O/c1-3-4-6-17-15(20)13-12-16-7-5-14(13)19-10-8-18(2)9-11-19/h13-14,16H,3-12H2,1-2H3,(H,17,20). The van der Waals surface area contributed by atoms with Gasteiger partial charge in [-0.05, 0) is 26.4 Å². The van der Waals surface area contributed by atoms with Gasteiger partial charge >= 0.3 is 0 Å². The molecule has 0 aromatic heterocycles. The third kappa shape index (κ3) is 4.17. The summed E-state index contributed by atoms with van der Waals surface area (Å²) >= 11 is 0. The van der Waals surface area contributed by atoms with Crippen molar-refractivity contribution in [3.8, 4) is 0 Å². The molecule has 0 spiro atoms. The highest BCUT2D eigenvalue weighted by molar-refractivity contribution is 5.79. The number of hydrogen-bond acceptors (Lipinski definition) is 4. The highest BCUT2D eigenvalue weighted by Crippen LogP contribution is 2.20. The van der Waals surface area contributed by atoms with Crippen molar-refractivity contribution in [2.45, 2.75) is 32.2 Å². The van der Waals surface area contributed by atoms with Gasteiger partial charge < -0.3 is 15.5 Å². The Labute approximate surface area is 123 Å². The molecule has 2 atom stereocenters. The zero-order valence-electron chi connectivity index (χ0n) is 13.0. The zero-order chi connectivity index (χ0) is 14.4. The summed E-state index contributed by atoms with van der Waals surface area (Å²) in [7, 11) is 2.18. The fourth-order valence-electron chi connectivity index (χ4n) is 3.22. The second-order valence-electron chi connectivity index (χ2n) is 6.15. The van der Waals surface area contributed by atoms with Gasteiger partial charge in [-0.1, -0.05) is 13.3 Å². The normalized spacial score (nSPS) is 29.3. The van der Waals surface area contributed by atoms with Crippen molar-refractivity contribution in [2.24, 2.45) is 5.92 Å². The summed E-state index contributed by atoms with van der Waals surface area (Å²) in [5.74, 6) is 0.360. The molecule has 2 saturated heterocycles. The summed E-state index contributed by atoms with van der Waals surface area (Å²) in [5.41, 5.74) is 0. The Balaban J connectivity index is 1.89. The van der Waals surface area contributed by atoms with Crippen molar-refractivity contribution in [3.05, 3.63) is 0 Å². The van der Waals surface area contributed by atoms with E-state index in [1.807, 2.05) is 0 Å². The first-order valence-corrected chi connectivity index (χ1v) is 8.13. The lowest BCUT2D eigenvalue weighted by Crippen LogP contribution is -2.58. The Morgan fingerprint density at radius 1 is 1.30 bits per heavy atom. The summed E-state index contributed by atoms with van der Waals surface area (Å²) in [6, 6.07) is 0.423. The van der Waals surface area contributed by atoms with Gasteiger partial charge in [0.1, 0.15) is 0 Å². The number of nitrogens with one attached hydrogen (secondary N) is 2. The maximum atomic E-state index is 12.4. The number of rotatable bonds is 5. The zero-order valence-corrected chi connectivity index (χ0v) is 13.0. The Kier molecular flexibility index (Phi) is 6.26. The largest absolute Gasteiger partial charge is 0.356 e. The topological polar surface area (TPSA) is 47.6 Å². The van der Waals surface area contributed by atoms with Crippen LogP contribution in [0.15, 0.2) is 0 Å². The second-order valence-corrected chi connectivity index (χ2v) is 6.15. The Hall–Kier alpha value is -0.650. The van der Waals surface area contributed by atoms with E-state index < -0.39 is 0 Å². The van der Waals surface area contributed by atoms with E-state index in [9.17, 15) is 4.79 Å². The Morgan fingerprint density at radius 3 is 2.75 bits per heavy atom. The lowest BCUT2D eigenvalue weighted by atomic mass is 9.90. The molecule has 0 aromatic rings. The number of piperazine rings is 1. The van der Waals surface area contributed by atoms with Crippen LogP contribution in [0, 0.1) is 5.92 Å². The third-order valence-electron chi connectivity index (χ3n) is 4.62. The van der Waals surface area contributed by atoms with Crippen LogP contribution < -0.4 is 10.6 Å². The molecule has 0 bridgehead atoms. The van der Waals surface area contributed by atoms with E-state index in [2.05, 4.69) is 34.4 Å². The molecule has 2 aliphatic rings. The number of carbonyl (C=O) groups excluding carboxylic acids is 1. The fraction of sp³-hybridized carbons (Fsp3) is 0.933. The van der Waals surface area contributed by atoms with Gasteiger partial charge in [0.2, 0.25) is 5.91 Å². The minimum Gasteiger partial charge on any atom is -0.356 e. The number of carbonyl (C=O) groups is 1. The van der Waals surface area contributed by atoms with E-state index in [4.69, 9.17) is 0 Å². The molecule has 2 unspecified atom stereocenters. The molecule has 2 fully saturated rings. The molecule has 20 heavy (non-hydrogen) atoms. The van der Waals surface area contributed by atoms with E-state index in [-0.39, 0.29) is 11.8 Å². The predicted octanol–water partition coefficient (Wildman–Crippen LogP) is 0.128. The van der Waals surface area contributed by atoms with Crippen LogP contribution in [0.3, 0.4) is 0 Å². The van der Waals surface area contributed by atoms with Crippen LogP contribution in [0.25, 0.3) is 0 Å². The lowest BCUT2D eigenvalue weighted by molar-refractivity contribution is -0.128. The van der Waals surface area contributed by atoms with Crippen molar-refractivity contribution in [2.75, 3.05) is 52.9 Å². The van der Waals surface area contributed by atoms with Crippen LogP contribution in [-0.2, 0) is 4.79 Å². The fourth-order valence-corrected chi connectivity index (χ4v) is 3.22. The predicted molar refractivity (Wildman–Crippen MR) is 81.8 cm³/mol. The van der Waals surface area contributed by atoms with Crippen molar-refractivity contribution in [1.82, 2.24) is 20.4 Å². The van der Waals surface area contributed by atoms with Crippen LogP contribution in [0.5, 0.6) is 0 Å². The third-order valence-corrected chi connectivity index (χ3v) is 4.62. The monoisotopic (exact) mass is 282 g/mol. The highest BCUT2D eigenvalue weighted by Gasteiger charge is 2.35. The van der Waals surface area contributed by atoms with Crippen LogP contribution in [0.1, 0.15) is 26.2 Å². The van der Waals surface area contributed by atoms with Crippen molar-refractivity contribution in [3.63, 3.8) is 0 Å². The summed E-state index contributed by atoms with van der Waals surface area (Å²) in [5, 5.41) is 6.50. The van der Waals surface area contributed by atoms with Crippen molar-refractivity contribution in [1.29, 1.82) is 0 Å². The average molecular weight is 282 g/mol. The average Bonchev–Trinajstić information content (AvgIpc) is 2.48. The minimum absolute atomic E-state index is 0.115. The van der Waals surface area contributed by atoms with Crippen molar-refractivity contribution >= 4 is 5.91 Å².